The zero-order valence-electron chi connectivity index (χ0n) is 10.6. The Morgan fingerprint density at radius 1 is 1.17 bits per heavy atom. The first-order valence-corrected chi connectivity index (χ1v) is 5.93. The fraction of sp³-hybridized carbons (Fsp3) is 0.286. The van der Waals surface area contributed by atoms with Crippen molar-refractivity contribution in [1.29, 1.82) is 0 Å². The van der Waals surface area contributed by atoms with Crippen molar-refractivity contribution in [3.05, 3.63) is 53.2 Å². The van der Waals surface area contributed by atoms with Gasteiger partial charge in [-0.2, -0.15) is 0 Å². The molecule has 1 N–H and O–H groups in total. The number of nitrogens with zero attached hydrogens (tertiary/aromatic N) is 2. The van der Waals surface area contributed by atoms with Crippen LogP contribution in [0.2, 0.25) is 0 Å². The smallest absolute Gasteiger partial charge is 0.129 e. The maximum absolute atomic E-state index is 12.9. The average Bonchev–Trinajstić information content (AvgIpc) is 2.32. The average molecular weight is 245 g/mol. The molecule has 18 heavy (non-hydrogen) atoms. The fourth-order valence-corrected chi connectivity index (χ4v) is 1.82. The van der Waals surface area contributed by atoms with Crippen LogP contribution in [0.15, 0.2) is 30.6 Å². The van der Waals surface area contributed by atoms with E-state index in [1.807, 2.05) is 26.0 Å². The van der Waals surface area contributed by atoms with Crippen molar-refractivity contribution < 1.29 is 4.39 Å². The predicted molar refractivity (Wildman–Crippen MR) is 70.1 cm³/mol. The van der Waals surface area contributed by atoms with Gasteiger partial charge in [-0.15, -0.1) is 0 Å². The number of halogens is 1. The predicted octanol–water partition coefficient (Wildman–Crippen LogP) is 2.89. The molecule has 4 heteroatoms. The van der Waals surface area contributed by atoms with Crippen molar-refractivity contribution in [2.45, 2.75) is 20.3 Å². The second kappa shape index (κ2) is 5.58. The number of rotatable bonds is 4. The Labute approximate surface area is 106 Å². The molecule has 0 spiro atoms. The minimum atomic E-state index is -0.185. The Morgan fingerprint density at radius 2 is 2.00 bits per heavy atom. The van der Waals surface area contributed by atoms with Crippen molar-refractivity contribution in [2.75, 3.05) is 11.9 Å². The third-order valence-electron chi connectivity index (χ3n) is 2.81. The minimum absolute atomic E-state index is 0.185. The van der Waals surface area contributed by atoms with Gasteiger partial charge in [0.2, 0.25) is 0 Å². The van der Waals surface area contributed by atoms with Gasteiger partial charge in [-0.25, -0.2) is 14.4 Å². The molecular formula is C14H16FN3. The highest BCUT2D eigenvalue weighted by atomic mass is 19.1. The van der Waals surface area contributed by atoms with Gasteiger partial charge in [0.15, 0.2) is 0 Å². The molecule has 3 nitrogen and oxygen atoms in total. The molecule has 0 aliphatic rings. The molecule has 0 atom stereocenters. The summed E-state index contributed by atoms with van der Waals surface area (Å²) >= 11 is 0. The summed E-state index contributed by atoms with van der Waals surface area (Å²) in [5, 5.41) is 3.23. The van der Waals surface area contributed by atoms with Crippen molar-refractivity contribution in [3.8, 4) is 0 Å². The molecule has 0 aliphatic heterocycles. The van der Waals surface area contributed by atoms with Gasteiger partial charge in [-0.1, -0.05) is 6.07 Å². The van der Waals surface area contributed by atoms with Crippen LogP contribution in [0.25, 0.3) is 0 Å². The van der Waals surface area contributed by atoms with Crippen LogP contribution in [0.5, 0.6) is 0 Å². The summed E-state index contributed by atoms with van der Waals surface area (Å²) in [5.74, 6) is 0.637. The molecule has 0 saturated carbocycles. The molecule has 0 saturated heterocycles. The van der Waals surface area contributed by atoms with Gasteiger partial charge in [0.1, 0.15) is 18.0 Å². The third kappa shape index (κ3) is 3.26. The summed E-state index contributed by atoms with van der Waals surface area (Å²) in [6.45, 7) is 4.62. The quantitative estimate of drug-likeness (QED) is 0.900. The molecule has 0 fully saturated rings. The summed E-state index contributed by atoms with van der Waals surface area (Å²) in [6.07, 6.45) is 2.38. The molecule has 1 aromatic carbocycles. The van der Waals surface area contributed by atoms with Crippen LogP contribution in [-0.4, -0.2) is 16.5 Å². The highest BCUT2D eigenvalue weighted by molar-refractivity contribution is 5.35. The monoisotopic (exact) mass is 245 g/mol. The maximum Gasteiger partial charge on any atom is 0.129 e. The van der Waals surface area contributed by atoms with Crippen molar-refractivity contribution >= 4 is 5.82 Å². The molecule has 94 valence electrons. The van der Waals surface area contributed by atoms with E-state index >= 15 is 0 Å². The van der Waals surface area contributed by atoms with E-state index in [0.717, 1.165) is 35.6 Å². The van der Waals surface area contributed by atoms with E-state index in [-0.39, 0.29) is 5.82 Å². The van der Waals surface area contributed by atoms with Gasteiger partial charge in [-0.3, -0.25) is 0 Å². The highest BCUT2D eigenvalue weighted by Gasteiger charge is 2.00. The molecule has 1 aromatic heterocycles. The number of nitrogens with one attached hydrogen (secondary N) is 1. The lowest BCUT2D eigenvalue weighted by atomic mass is 10.1. The minimum Gasteiger partial charge on any atom is -0.370 e. The Balaban J connectivity index is 1.92. The molecule has 2 aromatic rings. The SMILES string of the molecule is Cc1cc(NCCc2ccc(F)cc2C)ncn1. The summed E-state index contributed by atoms with van der Waals surface area (Å²) in [6, 6.07) is 6.79. The Bertz CT molecular complexity index is 540. The highest BCUT2D eigenvalue weighted by Crippen LogP contribution is 2.11. The maximum atomic E-state index is 12.9. The lowest BCUT2D eigenvalue weighted by Crippen LogP contribution is -2.07. The van der Waals surface area contributed by atoms with Crippen molar-refractivity contribution in [3.63, 3.8) is 0 Å². The molecule has 1 heterocycles. The van der Waals surface area contributed by atoms with Crippen LogP contribution in [-0.2, 0) is 6.42 Å². The van der Waals surface area contributed by atoms with Crippen LogP contribution in [0.1, 0.15) is 16.8 Å². The zero-order valence-corrected chi connectivity index (χ0v) is 10.6. The lowest BCUT2D eigenvalue weighted by molar-refractivity contribution is 0.625. The second-order valence-electron chi connectivity index (χ2n) is 4.29. The summed E-state index contributed by atoms with van der Waals surface area (Å²) in [5.41, 5.74) is 3.07. The van der Waals surface area contributed by atoms with Crippen LogP contribution < -0.4 is 5.32 Å². The van der Waals surface area contributed by atoms with E-state index in [1.54, 1.807) is 12.4 Å². The van der Waals surface area contributed by atoms with Crippen LogP contribution in [0.3, 0.4) is 0 Å². The third-order valence-corrected chi connectivity index (χ3v) is 2.81. The number of hydrogen-bond acceptors (Lipinski definition) is 3. The first kappa shape index (κ1) is 12.5. The Morgan fingerprint density at radius 3 is 2.72 bits per heavy atom. The van der Waals surface area contributed by atoms with E-state index < -0.39 is 0 Å². The van der Waals surface area contributed by atoms with Gasteiger partial charge in [0.05, 0.1) is 0 Å². The summed E-state index contributed by atoms with van der Waals surface area (Å²) < 4.78 is 12.9. The normalized spacial score (nSPS) is 10.4. The molecule has 0 radical (unpaired) electrons. The largest absolute Gasteiger partial charge is 0.370 e. The number of anilines is 1. The van der Waals surface area contributed by atoms with E-state index in [1.165, 1.54) is 6.07 Å². The number of aryl methyl sites for hydroxylation is 2. The Hall–Kier alpha value is -1.97. The van der Waals surface area contributed by atoms with Crippen molar-refractivity contribution in [1.82, 2.24) is 9.97 Å². The topological polar surface area (TPSA) is 37.8 Å². The van der Waals surface area contributed by atoms with E-state index in [2.05, 4.69) is 15.3 Å². The molecular weight excluding hydrogens is 229 g/mol. The molecule has 0 bridgehead atoms. The van der Waals surface area contributed by atoms with Crippen molar-refractivity contribution in [2.24, 2.45) is 0 Å². The zero-order chi connectivity index (χ0) is 13.0. The molecule has 2 rings (SSSR count). The molecule has 0 unspecified atom stereocenters. The number of aromatic nitrogens is 2. The number of hydrogen-bond donors (Lipinski definition) is 1. The molecule has 0 aliphatic carbocycles. The van der Waals surface area contributed by atoms with Gasteiger partial charge >= 0.3 is 0 Å². The van der Waals surface area contributed by atoms with Gasteiger partial charge in [0.25, 0.3) is 0 Å². The van der Waals surface area contributed by atoms with Gasteiger partial charge in [-0.05, 0) is 43.5 Å². The van der Waals surface area contributed by atoms with Crippen LogP contribution >= 0.6 is 0 Å². The van der Waals surface area contributed by atoms with Gasteiger partial charge in [0, 0.05) is 18.3 Å². The first-order valence-electron chi connectivity index (χ1n) is 5.93. The van der Waals surface area contributed by atoms with Gasteiger partial charge < -0.3 is 5.32 Å². The first-order chi connectivity index (χ1) is 8.65. The summed E-state index contributed by atoms with van der Waals surface area (Å²) in [7, 11) is 0. The fourth-order valence-electron chi connectivity index (χ4n) is 1.82. The lowest BCUT2D eigenvalue weighted by Gasteiger charge is -2.08. The number of benzene rings is 1. The molecule has 0 amide bonds. The van der Waals surface area contributed by atoms with E-state index in [4.69, 9.17) is 0 Å². The van der Waals surface area contributed by atoms with E-state index in [9.17, 15) is 4.39 Å². The Kier molecular flexibility index (Phi) is 3.87. The second-order valence-corrected chi connectivity index (χ2v) is 4.29. The summed E-state index contributed by atoms with van der Waals surface area (Å²) in [4.78, 5) is 8.16. The van der Waals surface area contributed by atoms with E-state index in [0.29, 0.717) is 0 Å². The van der Waals surface area contributed by atoms with Crippen LogP contribution in [0, 0.1) is 19.7 Å². The standard InChI is InChI=1S/C14H16FN3/c1-10-7-13(15)4-3-12(10)5-6-16-14-8-11(2)17-9-18-14/h3-4,7-9H,5-6H2,1-2H3,(H,16,17,18). The van der Waals surface area contributed by atoms with Crippen LogP contribution in [0.4, 0.5) is 10.2 Å².